The van der Waals surface area contributed by atoms with Crippen LogP contribution >= 0.6 is 0 Å². The van der Waals surface area contributed by atoms with Crippen molar-refractivity contribution in [3.8, 4) is 5.75 Å². The van der Waals surface area contributed by atoms with E-state index >= 15 is 0 Å². The van der Waals surface area contributed by atoms with Crippen molar-refractivity contribution in [3.05, 3.63) is 24.0 Å². The first kappa shape index (κ1) is 23.8. The van der Waals surface area contributed by atoms with E-state index in [1.165, 1.54) is 58.1 Å². The summed E-state index contributed by atoms with van der Waals surface area (Å²) in [6, 6.07) is 5.17. The monoisotopic (exact) mass is 459 g/mol. The molecule has 0 bridgehead atoms. The Kier molecular flexibility index (Phi) is 8.39. The number of piperidine rings is 1. The van der Waals surface area contributed by atoms with Gasteiger partial charge in [-0.05, 0) is 50.9 Å². The Morgan fingerprint density at radius 3 is 2.48 bits per heavy atom. The molecular weight excluding hydrogens is 421 g/mol. The number of hydrogen-bond acceptors (Lipinski definition) is 8. The summed E-state index contributed by atoms with van der Waals surface area (Å²) in [5.74, 6) is 0.936. The maximum absolute atomic E-state index is 14.3. The average Bonchev–Trinajstić information content (AvgIpc) is 3.08. The summed E-state index contributed by atoms with van der Waals surface area (Å²) in [7, 11) is 1.46. The minimum atomic E-state index is -0.550. The summed E-state index contributed by atoms with van der Waals surface area (Å²) in [4.78, 5) is 13.9. The fourth-order valence-electron chi connectivity index (χ4n) is 4.83. The van der Waals surface area contributed by atoms with Crippen molar-refractivity contribution in [2.75, 3.05) is 38.6 Å². The first-order valence-electron chi connectivity index (χ1n) is 12.4. The molecule has 4 rings (SSSR count). The summed E-state index contributed by atoms with van der Waals surface area (Å²) >= 11 is 0. The van der Waals surface area contributed by atoms with Crippen LogP contribution in [0.5, 0.6) is 5.75 Å². The topological polar surface area (TPSA) is 90.5 Å². The Hall–Kier alpha value is -2.39. The Morgan fingerprint density at radius 1 is 1.06 bits per heavy atom. The molecule has 3 aliphatic rings. The van der Waals surface area contributed by atoms with E-state index in [0.717, 1.165) is 32.5 Å². The molecule has 0 amide bonds. The number of likely N-dealkylation sites (tertiary alicyclic amines) is 1. The van der Waals surface area contributed by atoms with Gasteiger partial charge in [0.15, 0.2) is 17.9 Å². The van der Waals surface area contributed by atoms with Crippen LogP contribution in [0.15, 0.2) is 28.2 Å². The van der Waals surface area contributed by atoms with Crippen molar-refractivity contribution in [3.63, 3.8) is 0 Å². The number of nitrogens with zero attached hydrogens (tertiary/aromatic N) is 4. The molecule has 33 heavy (non-hydrogen) atoms. The van der Waals surface area contributed by atoms with Gasteiger partial charge in [0.05, 0.1) is 7.11 Å². The molecule has 9 heteroatoms. The van der Waals surface area contributed by atoms with Crippen LogP contribution < -0.4 is 21.1 Å². The molecule has 0 spiro atoms. The van der Waals surface area contributed by atoms with Gasteiger partial charge in [-0.2, -0.15) is 4.99 Å². The molecule has 1 aromatic carbocycles. The highest BCUT2D eigenvalue weighted by atomic mass is 19.1. The average molecular weight is 460 g/mol. The number of ether oxygens (including phenoxy) is 1. The van der Waals surface area contributed by atoms with Gasteiger partial charge in [-0.15, -0.1) is 0 Å². The maximum Gasteiger partial charge on any atom is 0.224 e. The van der Waals surface area contributed by atoms with Crippen molar-refractivity contribution in [2.24, 2.45) is 15.7 Å². The van der Waals surface area contributed by atoms with Crippen LogP contribution in [0.1, 0.15) is 57.8 Å². The third-order valence-electron chi connectivity index (χ3n) is 6.76. The van der Waals surface area contributed by atoms with Crippen molar-refractivity contribution in [2.45, 2.75) is 70.1 Å². The van der Waals surface area contributed by atoms with Crippen LogP contribution in [0.4, 0.5) is 10.1 Å². The number of nitrogens with one attached hydrogen (secondary N) is 2. The molecule has 0 radical (unpaired) electrons. The fraction of sp³-hybridized carbons (Fsp3) is 0.667. The molecule has 2 heterocycles. The zero-order valence-electron chi connectivity index (χ0n) is 19.7. The molecule has 1 aromatic rings. The Labute approximate surface area is 196 Å². The van der Waals surface area contributed by atoms with E-state index in [4.69, 9.17) is 15.5 Å². The van der Waals surface area contributed by atoms with Crippen LogP contribution in [-0.4, -0.2) is 67.3 Å². The smallest absolute Gasteiger partial charge is 0.224 e. The van der Waals surface area contributed by atoms with Crippen LogP contribution in [0, 0.1) is 5.82 Å². The van der Waals surface area contributed by atoms with Crippen LogP contribution in [0.25, 0.3) is 0 Å². The standard InChI is InChI=1S/C24H38FN7O/c1-33-21-12-11-19(17-20(21)25)28-24-30-23(27-18-9-5-2-3-6-10-18)29-22(26)32(24)16-15-31-13-7-4-8-14-31/h11-12,17-18,22H,2-10,13-16,26H2,1H3,(H2,27,28,29,30). The molecular formula is C24H38FN7O. The second-order valence-electron chi connectivity index (χ2n) is 9.20. The van der Waals surface area contributed by atoms with E-state index in [-0.39, 0.29) is 5.75 Å². The molecule has 2 fully saturated rings. The summed E-state index contributed by atoms with van der Waals surface area (Å²) in [5, 5.41) is 6.79. The molecule has 2 aliphatic heterocycles. The SMILES string of the molecule is COc1ccc(NC2=NC(NC3CCCCCC3)=NC(N)N2CCN2CCCCC2)cc1F. The number of halogens is 1. The Morgan fingerprint density at radius 2 is 1.79 bits per heavy atom. The largest absolute Gasteiger partial charge is 0.494 e. The molecule has 1 saturated carbocycles. The first-order chi connectivity index (χ1) is 16.1. The third kappa shape index (κ3) is 6.57. The van der Waals surface area contributed by atoms with E-state index in [2.05, 4.69) is 20.5 Å². The number of rotatable bonds is 6. The number of benzene rings is 1. The Balaban J connectivity index is 1.50. The molecule has 182 valence electrons. The van der Waals surface area contributed by atoms with Crippen molar-refractivity contribution in [1.82, 2.24) is 15.1 Å². The van der Waals surface area contributed by atoms with Crippen LogP contribution in [0.2, 0.25) is 0 Å². The highest BCUT2D eigenvalue weighted by molar-refractivity contribution is 6.03. The second-order valence-corrected chi connectivity index (χ2v) is 9.20. The molecule has 1 aliphatic carbocycles. The minimum absolute atomic E-state index is 0.210. The lowest BCUT2D eigenvalue weighted by Crippen LogP contribution is -2.54. The van der Waals surface area contributed by atoms with E-state index in [1.807, 2.05) is 4.90 Å². The van der Waals surface area contributed by atoms with E-state index in [1.54, 1.807) is 12.1 Å². The molecule has 1 saturated heterocycles. The summed E-state index contributed by atoms with van der Waals surface area (Å²) in [6.07, 6.45) is 10.5. The number of methoxy groups -OCH3 is 1. The van der Waals surface area contributed by atoms with E-state index in [0.29, 0.717) is 30.2 Å². The molecule has 0 aromatic heterocycles. The number of anilines is 1. The number of nitrogens with two attached hydrogens (primary N) is 1. The van der Waals surface area contributed by atoms with E-state index < -0.39 is 12.1 Å². The highest BCUT2D eigenvalue weighted by Crippen LogP contribution is 2.22. The summed E-state index contributed by atoms with van der Waals surface area (Å²) in [5.41, 5.74) is 7.10. The van der Waals surface area contributed by atoms with Gasteiger partial charge in [0.25, 0.3) is 0 Å². The predicted octanol–water partition coefficient (Wildman–Crippen LogP) is 3.31. The predicted molar refractivity (Wildman–Crippen MR) is 131 cm³/mol. The van der Waals surface area contributed by atoms with Gasteiger partial charge < -0.3 is 25.2 Å². The normalized spacial score (nSPS) is 22.9. The lowest BCUT2D eigenvalue weighted by molar-refractivity contribution is 0.196. The maximum atomic E-state index is 14.3. The van der Waals surface area contributed by atoms with Gasteiger partial charge in [-0.3, -0.25) is 5.73 Å². The lowest BCUT2D eigenvalue weighted by Gasteiger charge is -2.36. The zero-order valence-corrected chi connectivity index (χ0v) is 19.7. The molecule has 1 atom stereocenters. The van der Waals surface area contributed by atoms with Crippen molar-refractivity contribution >= 4 is 17.6 Å². The van der Waals surface area contributed by atoms with Gasteiger partial charge in [-0.1, -0.05) is 32.1 Å². The number of guanidine groups is 2. The van der Waals surface area contributed by atoms with Crippen LogP contribution in [-0.2, 0) is 0 Å². The lowest BCUT2D eigenvalue weighted by atomic mass is 10.1. The Bertz CT molecular complexity index is 832. The first-order valence-corrected chi connectivity index (χ1v) is 12.4. The van der Waals surface area contributed by atoms with Gasteiger partial charge in [-0.25, -0.2) is 9.38 Å². The van der Waals surface area contributed by atoms with Gasteiger partial charge in [0, 0.05) is 30.9 Å². The summed E-state index contributed by atoms with van der Waals surface area (Å²) < 4.78 is 19.4. The van der Waals surface area contributed by atoms with E-state index in [9.17, 15) is 4.39 Å². The quantitative estimate of drug-likeness (QED) is 0.566. The van der Waals surface area contributed by atoms with Gasteiger partial charge in [0.2, 0.25) is 11.9 Å². The molecule has 1 unspecified atom stereocenters. The molecule has 8 nitrogen and oxygen atoms in total. The number of aliphatic imine (C=N–C) groups is 2. The van der Waals surface area contributed by atoms with Gasteiger partial charge >= 0.3 is 0 Å². The highest BCUT2D eigenvalue weighted by Gasteiger charge is 2.26. The summed E-state index contributed by atoms with van der Waals surface area (Å²) in [6.45, 7) is 3.83. The molecule has 4 N–H and O–H groups in total. The second kappa shape index (κ2) is 11.7. The fourth-order valence-corrected chi connectivity index (χ4v) is 4.83. The van der Waals surface area contributed by atoms with Crippen molar-refractivity contribution in [1.29, 1.82) is 0 Å². The zero-order chi connectivity index (χ0) is 23.0. The van der Waals surface area contributed by atoms with Crippen molar-refractivity contribution < 1.29 is 9.13 Å². The van der Waals surface area contributed by atoms with Gasteiger partial charge in [0.1, 0.15) is 0 Å². The third-order valence-corrected chi connectivity index (χ3v) is 6.76. The number of hydrogen-bond donors (Lipinski definition) is 3. The minimum Gasteiger partial charge on any atom is -0.494 e. The van der Waals surface area contributed by atoms with Crippen LogP contribution in [0.3, 0.4) is 0 Å².